The van der Waals surface area contributed by atoms with Gasteiger partial charge in [-0.15, -0.1) is 0 Å². The van der Waals surface area contributed by atoms with Gasteiger partial charge in [-0.25, -0.2) is 17.6 Å². The number of halogens is 4. The van der Waals surface area contributed by atoms with Gasteiger partial charge in [-0.05, 0) is 37.3 Å². The van der Waals surface area contributed by atoms with Crippen molar-refractivity contribution in [1.82, 2.24) is 0 Å². The molecule has 0 spiro atoms. The summed E-state index contributed by atoms with van der Waals surface area (Å²) in [5.41, 5.74) is -1.01. The van der Waals surface area contributed by atoms with Crippen molar-refractivity contribution in [2.75, 3.05) is 0 Å². The van der Waals surface area contributed by atoms with Crippen molar-refractivity contribution >= 4 is 5.78 Å². The van der Waals surface area contributed by atoms with Gasteiger partial charge < -0.3 is 0 Å². The highest BCUT2D eigenvalue weighted by atomic mass is 19.2. The van der Waals surface area contributed by atoms with E-state index >= 15 is 0 Å². The molecular weight excluding hydrogens is 344 g/mol. The Morgan fingerprint density at radius 2 is 1.35 bits per heavy atom. The minimum Gasteiger partial charge on any atom is -0.294 e. The largest absolute Gasteiger partial charge is 0.294 e. The number of hydrogen-bond donors (Lipinski definition) is 0. The Morgan fingerprint density at radius 1 is 0.808 bits per heavy atom. The molecule has 0 radical (unpaired) electrons. The fraction of sp³-hybridized carbons (Fsp3) is 0.381. The predicted molar refractivity (Wildman–Crippen MR) is 91.9 cm³/mol. The second-order valence-electron chi connectivity index (χ2n) is 7.17. The highest BCUT2D eigenvalue weighted by Gasteiger charge is 2.29. The SMILES string of the molecule is Cc1ccc(-c2ccc(C(=O)C3CCC(C)CC3)c(F)c2F)c(F)c1F. The number of hydrogen-bond acceptors (Lipinski definition) is 1. The zero-order valence-corrected chi connectivity index (χ0v) is 14.7. The molecule has 2 aromatic carbocycles. The van der Waals surface area contributed by atoms with Gasteiger partial charge in [-0.1, -0.05) is 38.0 Å². The monoisotopic (exact) mass is 364 g/mol. The van der Waals surface area contributed by atoms with Crippen LogP contribution in [0.3, 0.4) is 0 Å². The van der Waals surface area contributed by atoms with Gasteiger partial charge in [0, 0.05) is 17.0 Å². The number of carbonyl (C=O) groups is 1. The Morgan fingerprint density at radius 3 is 1.96 bits per heavy atom. The van der Waals surface area contributed by atoms with Gasteiger partial charge in [0.15, 0.2) is 29.1 Å². The molecule has 3 rings (SSSR count). The Kier molecular flexibility index (Phi) is 5.17. The molecule has 1 aliphatic rings. The fourth-order valence-electron chi connectivity index (χ4n) is 3.54. The van der Waals surface area contributed by atoms with Crippen LogP contribution in [-0.4, -0.2) is 5.78 Å². The van der Waals surface area contributed by atoms with Crippen molar-refractivity contribution < 1.29 is 22.4 Å². The predicted octanol–water partition coefficient (Wildman–Crippen LogP) is 6.23. The lowest BCUT2D eigenvalue weighted by molar-refractivity contribution is 0.0870. The maximum absolute atomic E-state index is 14.5. The molecule has 0 amide bonds. The molecule has 0 saturated heterocycles. The molecule has 1 aliphatic carbocycles. The number of Topliss-reactive ketones (excluding diaryl/α,β-unsaturated/α-hetero) is 1. The van der Waals surface area contributed by atoms with E-state index in [0.29, 0.717) is 18.8 Å². The van der Waals surface area contributed by atoms with Crippen LogP contribution >= 0.6 is 0 Å². The summed E-state index contributed by atoms with van der Waals surface area (Å²) >= 11 is 0. The van der Waals surface area contributed by atoms with Crippen LogP contribution in [0.5, 0.6) is 0 Å². The van der Waals surface area contributed by atoms with Crippen molar-refractivity contribution in [1.29, 1.82) is 0 Å². The van der Waals surface area contributed by atoms with Gasteiger partial charge in [0.25, 0.3) is 0 Å². The highest BCUT2D eigenvalue weighted by Crippen LogP contribution is 2.34. The Bertz CT molecular complexity index is 852. The van der Waals surface area contributed by atoms with Crippen LogP contribution in [0.25, 0.3) is 11.1 Å². The topological polar surface area (TPSA) is 17.1 Å². The zero-order chi connectivity index (χ0) is 19.0. The van der Waals surface area contributed by atoms with Gasteiger partial charge in [-0.3, -0.25) is 4.79 Å². The fourth-order valence-corrected chi connectivity index (χ4v) is 3.54. The molecular formula is C21H20F4O. The third-order valence-electron chi connectivity index (χ3n) is 5.30. The minimum absolute atomic E-state index is 0.0745. The molecule has 1 nitrogen and oxygen atoms in total. The van der Waals surface area contributed by atoms with Crippen molar-refractivity contribution in [2.45, 2.75) is 39.5 Å². The first-order chi connectivity index (χ1) is 12.3. The number of aryl methyl sites for hydroxylation is 1. The summed E-state index contributed by atoms with van der Waals surface area (Å²) in [5.74, 6) is -5.17. The second kappa shape index (κ2) is 7.22. The molecule has 0 heterocycles. The average Bonchev–Trinajstić information content (AvgIpc) is 2.63. The first-order valence-electron chi connectivity index (χ1n) is 8.78. The quantitative estimate of drug-likeness (QED) is 0.466. The highest BCUT2D eigenvalue weighted by molar-refractivity contribution is 5.98. The van der Waals surface area contributed by atoms with Crippen LogP contribution in [-0.2, 0) is 0 Å². The van der Waals surface area contributed by atoms with Crippen molar-refractivity contribution in [2.24, 2.45) is 11.8 Å². The number of carbonyl (C=O) groups excluding carboxylic acids is 1. The van der Waals surface area contributed by atoms with E-state index in [2.05, 4.69) is 6.92 Å². The number of benzene rings is 2. The van der Waals surface area contributed by atoms with E-state index in [1.54, 1.807) is 0 Å². The zero-order valence-electron chi connectivity index (χ0n) is 14.7. The normalized spacial score (nSPS) is 20.2. The molecule has 0 unspecified atom stereocenters. The molecule has 0 N–H and O–H groups in total. The van der Waals surface area contributed by atoms with Crippen molar-refractivity contribution in [3.05, 3.63) is 58.7 Å². The molecule has 0 aromatic heterocycles. The third kappa shape index (κ3) is 3.27. The van der Waals surface area contributed by atoms with E-state index in [0.717, 1.165) is 18.9 Å². The van der Waals surface area contributed by atoms with E-state index in [1.807, 2.05) is 0 Å². The van der Waals surface area contributed by atoms with Gasteiger partial charge in [0.2, 0.25) is 0 Å². The van der Waals surface area contributed by atoms with Crippen LogP contribution in [0, 0.1) is 42.0 Å². The molecule has 0 bridgehead atoms. The Hall–Kier alpha value is -2.17. The van der Waals surface area contributed by atoms with E-state index in [1.165, 1.54) is 25.1 Å². The minimum atomic E-state index is -1.33. The Balaban J connectivity index is 1.97. The first kappa shape index (κ1) is 18.6. The summed E-state index contributed by atoms with van der Waals surface area (Å²) in [6.07, 6.45) is 3.07. The molecule has 0 aliphatic heterocycles. The van der Waals surface area contributed by atoms with Crippen LogP contribution < -0.4 is 0 Å². The van der Waals surface area contributed by atoms with E-state index in [4.69, 9.17) is 0 Å². The average molecular weight is 364 g/mol. The molecule has 0 atom stereocenters. The lowest BCUT2D eigenvalue weighted by Crippen LogP contribution is -2.22. The Labute approximate surface area is 150 Å². The molecule has 26 heavy (non-hydrogen) atoms. The van der Waals surface area contributed by atoms with E-state index < -0.39 is 34.6 Å². The van der Waals surface area contributed by atoms with Crippen molar-refractivity contribution in [3.63, 3.8) is 0 Å². The van der Waals surface area contributed by atoms with Crippen LogP contribution in [0.15, 0.2) is 24.3 Å². The van der Waals surface area contributed by atoms with E-state index in [-0.39, 0.29) is 22.6 Å². The summed E-state index contributed by atoms with van der Waals surface area (Å²) < 4.78 is 56.9. The van der Waals surface area contributed by atoms with Crippen LogP contribution in [0.4, 0.5) is 17.6 Å². The lowest BCUT2D eigenvalue weighted by atomic mass is 9.79. The van der Waals surface area contributed by atoms with Gasteiger partial charge in [-0.2, -0.15) is 0 Å². The summed E-state index contributed by atoms with van der Waals surface area (Å²) in [6.45, 7) is 3.48. The van der Waals surface area contributed by atoms with E-state index in [9.17, 15) is 22.4 Å². The first-order valence-corrected chi connectivity index (χ1v) is 8.78. The second-order valence-corrected chi connectivity index (χ2v) is 7.17. The summed E-state index contributed by atoms with van der Waals surface area (Å²) in [5, 5.41) is 0. The lowest BCUT2D eigenvalue weighted by Gasteiger charge is -2.25. The molecule has 2 aromatic rings. The maximum Gasteiger partial charge on any atom is 0.170 e. The van der Waals surface area contributed by atoms with Crippen molar-refractivity contribution in [3.8, 4) is 11.1 Å². The van der Waals surface area contributed by atoms with Gasteiger partial charge in [0.05, 0.1) is 5.56 Å². The number of rotatable bonds is 3. The smallest absolute Gasteiger partial charge is 0.170 e. The van der Waals surface area contributed by atoms with Crippen LogP contribution in [0.1, 0.15) is 48.5 Å². The van der Waals surface area contributed by atoms with Gasteiger partial charge >= 0.3 is 0 Å². The molecule has 1 saturated carbocycles. The summed E-state index contributed by atoms with van der Waals surface area (Å²) in [7, 11) is 0. The standard InChI is InChI=1S/C21H20F4O/c1-11-3-6-13(7-4-11)21(26)16-10-9-15(19(24)20(16)25)14-8-5-12(2)17(22)18(14)23/h5,8-11,13H,3-4,6-7H2,1-2H3. The maximum atomic E-state index is 14.5. The van der Waals surface area contributed by atoms with Crippen LogP contribution in [0.2, 0.25) is 0 Å². The molecule has 1 fully saturated rings. The third-order valence-corrected chi connectivity index (χ3v) is 5.30. The molecule has 5 heteroatoms. The molecule has 138 valence electrons. The van der Waals surface area contributed by atoms with Gasteiger partial charge in [0.1, 0.15) is 0 Å². The number of ketones is 1. The summed E-state index contributed by atoms with van der Waals surface area (Å²) in [6, 6.07) is 4.82. The summed E-state index contributed by atoms with van der Waals surface area (Å²) in [4.78, 5) is 12.6.